The first-order valence-corrected chi connectivity index (χ1v) is 7.38. The first kappa shape index (κ1) is 13.9. The number of hydrogen-bond donors (Lipinski definition) is 0. The number of hydrogen-bond acceptors (Lipinski definition) is 5. The van der Waals surface area contributed by atoms with Crippen LogP contribution in [0.1, 0.15) is 43.8 Å². The Balaban J connectivity index is 1.85. The highest BCUT2D eigenvalue weighted by atomic mass is 16.5. The van der Waals surface area contributed by atoms with Crippen molar-refractivity contribution < 1.29 is 14.0 Å². The van der Waals surface area contributed by atoms with Crippen molar-refractivity contribution in [3.63, 3.8) is 0 Å². The van der Waals surface area contributed by atoms with Gasteiger partial charge < -0.3 is 14.0 Å². The molecule has 1 aliphatic carbocycles. The summed E-state index contributed by atoms with van der Waals surface area (Å²) in [5, 5.41) is 4.16. The van der Waals surface area contributed by atoms with Gasteiger partial charge in [-0.3, -0.25) is 0 Å². The largest absolute Gasteiger partial charge is 0.493 e. The predicted molar refractivity (Wildman–Crippen MR) is 78.7 cm³/mol. The molecule has 0 aliphatic heterocycles. The fourth-order valence-corrected chi connectivity index (χ4v) is 2.85. The molecular formula is C16H20N2O3. The van der Waals surface area contributed by atoms with Crippen LogP contribution >= 0.6 is 0 Å². The smallest absolute Gasteiger partial charge is 0.258 e. The van der Waals surface area contributed by atoms with Crippen LogP contribution in [0.5, 0.6) is 11.5 Å². The Kier molecular flexibility index (Phi) is 4.08. The molecule has 1 heterocycles. The van der Waals surface area contributed by atoms with Gasteiger partial charge >= 0.3 is 0 Å². The van der Waals surface area contributed by atoms with Gasteiger partial charge in [0.25, 0.3) is 5.89 Å². The van der Waals surface area contributed by atoms with E-state index in [1.165, 1.54) is 19.3 Å². The molecule has 112 valence electrons. The Labute approximate surface area is 124 Å². The van der Waals surface area contributed by atoms with E-state index in [0.29, 0.717) is 23.3 Å². The first-order chi connectivity index (χ1) is 10.3. The molecule has 1 fully saturated rings. The fraction of sp³-hybridized carbons (Fsp3) is 0.500. The summed E-state index contributed by atoms with van der Waals surface area (Å²) < 4.78 is 16.0. The molecule has 1 aromatic carbocycles. The van der Waals surface area contributed by atoms with Crippen LogP contribution in [0.3, 0.4) is 0 Å². The van der Waals surface area contributed by atoms with Crippen LogP contribution in [0.25, 0.3) is 11.5 Å². The van der Waals surface area contributed by atoms with Gasteiger partial charge in [0.05, 0.1) is 14.2 Å². The zero-order valence-electron chi connectivity index (χ0n) is 12.5. The summed E-state index contributed by atoms with van der Waals surface area (Å²) in [5.74, 6) is 3.16. The Hall–Kier alpha value is -2.04. The lowest BCUT2D eigenvalue weighted by atomic mass is 9.89. The lowest BCUT2D eigenvalue weighted by molar-refractivity contribution is 0.354. The number of nitrogens with zero attached hydrogens (tertiary/aromatic N) is 2. The Morgan fingerprint density at radius 2 is 1.81 bits per heavy atom. The molecule has 0 radical (unpaired) electrons. The van der Waals surface area contributed by atoms with Gasteiger partial charge in [0, 0.05) is 11.5 Å². The van der Waals surface area contributed by atoms with Crippen LogP contribution < -0.4 is 9.47 Å². The maximum absolute atomic E-state index is 5.42. The van der Waals surface area contributed by atoms with Crippen LogP contribution in [0.15, 0.2) is 22.7 Å². The SMILES string of the molecule is COc1ccc(-c2nc(C3CCCCC3)no2)cc1OC. The van der Waals surface area contributed by atoms with E-state index in [9.17, 15) is 0 Å². The molecule has 1 aromatic heterocycles. The van der Waals surface area contributed by atoms with Crippen LogP contribution in [-0.4, -0.2) is 24.4 Å². The van der Waals surface area contributed by atoms with Crippen molar-refractivity contribution in [3.05, 3.63) is 24.0 Å². The van der Waals surface area contributed by atoms with E-state index in [1.54, 1.807) is 14.2 Å². The molecule has 2 aromatic rings. The zero-order chi connectivity index (χ0) is 14.7. The van der Waals surface area contributed by atoms with E-state index < -0.39 is 0 Å². The number of rotatable bonds is 4. The number of ether oxygens (including phenoxy) is 2. The van der Waals surface area contributed by atoms with Gasteiger partial charge in [-0.05, 0) is 31.0 Å². The summed E-state index contributed by atoms with van der Waals surface area (Å²) in [6, 6.07) is 5.61. The molecule has 0 N–H and O–H groups in total. The Bertz CT molecular complexity index is 603. The fourth-order valence-electron chi connectivity index (χ4n) is 2.85. The van der Waals surface area contributed by atoms with E-state index >= 15 is 0 Å². The second-order valence-electron chi connectivity index (χ2n) is 5.36. The molecule has 0 unspecified atom stereocenters. The van der Waals surface area contributed by atoms with E-state index in [4.69, 9.17) is 14.0 Å². The third-order valence-corrected chi connectivity index (χ3v) is 4.04. The number of benzene rings is 1. The highest BCUT2D eigenvalue weighted by molar-refractivity contribution is 5.59. The van der Waals surface area contributed by atoms with Crippen LogP contribution in [0.2, 0.25) is 0 Å². The maximum Gasteiger partial charge on any atom is 0.258 e. The van der Waals surface area contributed by atoms with Crippen molar-refractivity contribution in [3.8, 4) is 23.0 Å². The summed E-state index contributed by atoms with van der Waals surface area (Å²) >= 11 is 0. The molecule has 1 aliphatic rings. The van der Waals surface area contributed by atoms with Crippen molar-refractivity contribution in [2.45, 2.75) is 38.0 Å². The average Bonchev–Trinajstić information content (AvgIpc) is 3.05. The highest BCUT2D eigenvalue weighted by Gasteiger charge is 2.21. The topological polar surface area (TPSA) is 57.4 Å². The van der Waals surface area contributed by atoms with Gasteiger partial charge in [-0.2, -0.15) is 4.98 Å². The second kappa shape index (κ2) is 6.16. The Morgan fingerprint density at radius 3 is 2.52 bits per heavy atom. The number of methoxy groups -OCH3 is 2. The Morgan fingerprint density at radius 1 is 1.05 bits per heavy atom. The molecule has 0 spiro atoms. The third kappa shape index (κ3) is 2.86. The summed E-state index contributed by atoms with van der Waals surface area (Å²) in [6.07, 6.45) is 6.14. The summed E-state index contributed by atoms with van der Waals surface area (Å²) in [4.78, 5) is 4.56. The third-order valence-electron chi connectivity index (χ3n) is 4.04. The molecule has 5 nitrogen and oxygen atoms in total. The normalized spacial score (nSPS) is 15.9. The molecule has 3 rings (SSSR count). The van der Waals surface area contributed by atoms with Gasteiger partial charge in [-0.15, -0.1) is 0 Å². The van der Waals surface area contributed by atoms with Gasteiger partial charge in [0.1, 0.15) is 0 Å². The van der Waals surface area contributed by atoms with Crippen molar-refractivity contribution in [2.24, 2.45) is 0 Å². The standard InChI is InChI=1S/C16H20N2O3/c1-19-13-9-8-12(10-14(13)20-2)16-17-15(18-21-16)11-6-4-3-5-7-11/h8-11H,3-7H2,1-2H3. The molecular weight excluding hydrogens is 268 g/mol. The van der Waals surface area contributed by atoms with E-state index in [-0.39, 0.29) is 0 Å². The minimum atomic E-state index is 0.441. The maximum atomic E-state index is 5.42. The van der Waals surface area contributed by atoms with E-state index in [1.807, 2.05) is 18.2 Å². The average molecular weight is 288 g/mol. The molecule has 0 atom stereocenters. The zero-order valence-corrected chi connectivity index (χ0v) is 12.5. The first-order valence-electron chi connectivity index (χ1n) is 7.38. The summed E-state index contributed by atoms with van der Waals surface area (Å²) in [7, 11) is 3.23. The predicted octanol–water partition coefficient (Wildman–Crippen LogP) is 3.80. The molecule has 0 bridgehead atoms. The summed E-state index contributed by atoms with van der Waals surface area (Å²) in [5.41, 5.74) is 0.849. The molecule has 21 heavy (non-hydrogen) atoms. The number of aromatic nitrogens is 2. The van der Waals surface area contributed by atoms with Gasteiger partial charge in [0.2, 0.25) is 0 Å². The van der Waals surface area contributed by atoms with E-state index in [0.717, 1.165) is 24.2 Å². The second-order valence-corrected chi connectivity index (χ2v) is 5.36. The monoisotopic (exact) mass is 288 g/mol. The minimum Gasteiger partial charge on any atom is -0.493 e. The van der Waals surface area contributed by atoms with Crippen molar-refractivity contribution in [1.29, 1.82) is 0 Å². The summed E-state index contributed by atoms with van der Waals surface area (Å²) in [6.45, 7) is 0. The van der Waals surface area contributed by atoms with Crippen molar-refractivity contribution in [2.75, 3.05) is 14.2 Å². The van der Waals surface area contributed by atoms with Crippen LogP contribution in [-0.2, 0) is 0 Å². The quantitative estimate of drug-likeness (QED) is 0.856. The van der Waals surface area contributed by atoms with Crippen molar-refractivity contribution >= 4 is 0 Å². The minimum absolute atomic E-state index is 0.441. The van der Waals surface area contributed by atoms with Crippen LogP contribution in [0, 0.1) is 0 Å². The van der Waals surface area contributed by atoms with E-state index in [2.05, 4.69) is 10.1 Å². The van der Waals surface area contributed by atoms with Crippen LogP contribution in [0.4, 0.5) is 0 Å². The van der Waals surface area contributed by atoms with Gasteiger partial charge in [0.15, 0.2) is 17.3 Å². The highest BCUT2D eigenvalue weighted by Crippen LogP contribution is 2.34. The molecule has 1 saturated carbocycles. The van der Waals surface area contributed by atoms with Crippen molar-refractivity contribution in [1.82, 2.24) is 10.1 Å². The molecule has 5 heteroatoms. The van der Waals surface area contributed by atoms with Gasteiger partial charge in [-0.25, -0.2) is 0 Å². The lowest BCUT2D eigenvalue weighted by Crippen LogP contribution is -2.06. The van der Waals surface area contributed by atoms with Gasteiger partial charge in [-0.1, -0.05) is 24.4 Å². The lowest BCUT2D eigenvalue weighted by Gasteiger charge is -2.17. The molecule has 0 amide bonds. The molecule has 0 saturated heterocycles.